The summed E-state index contributed by atoms with van der Waals surface area (Å²) in [6, 6.07) is 0. The lowest BCUT2D eigenvalue weighted by atomic mass is 10.1. The van der Waals surface area contributed by atoms with Gasteiger partial charge in [0.1, 0.15) is 11.3 Å². The molecular formula is C14H23ClN4. The Morgan fingerprint density at radius 3 is 2.63 bits per heavy atom. The van der Waals surface area contributed by atoms with Crippen LogP contribution in [-0.2, 0) is 25.9 Å². The first-order chi connectivity index (χ1) is 9.12. The monoisotopic (exact) mass is 282 g/mol. The van der Waals surface area contributed by atoms with Crippen LogP contribution in [0.5, 0.6) is 0 Å². The second kappa shape index (κ2) is 5.95. The fourth-order valence-electron chi connectivity index (χ4n) is 2.43. The lowest BCUT2D eigenvalue weighted by Crippen LogP contribution is -2.11. The van der Waals surface area contributed by atoms with E-state index in [1.165, 1.54) is 0 Å². The van der Waals surface area contributed by atoms with Crippen molar-refractivity contribution in [3.05, 3.63) is 11.5 Å². The van der Waals surface area contributed by atoms with Gasteiger partial charge in [-0.2, -0.15) is 5.10 Å². The van der Waals surface area contributed by atoms with Gasteiger partial charge < -0.3 is 4.57 Å². The average molecular weight is 283 g/mol. The predicted octanol–water partition coefficient (Wildman–Crippen LogP) is 3.51. The topological polar surface area (TPSA) is 35.6 Å². The van der Waals surface area contributed by atoms with Gasteiger partial charge >= 0.3 is 0 Å². The fourth-order valence-corrected chi connectivity index (χ4v) is 2.63. The molecule has 0 N–H and O–H groups in total. The van der Waals surface area contributed by atoms with Gasteiger partial charge in [0.05, 0.1) is 11.6 Å². The normalized spacial score (nSPS) is 13.3. The molecule has 0 aliphatic heterocycles. The van der Waals surface area contributed by atoms with Crippen molar-refractivity contribution >= 4 is 22.8 Å². The highest BCUT2D eigenvalue weighted by Crippen LogP contribution is 2.23. The van der Waals surface area contributed by atoms with Crippen molar-refractivity contribution in [1.82, 2.24) is 19.3 Å². The molecule has 0 spiro atoms. The highest BCUT2D eigenvalue weighted by molar-refractivity contribution is 6.16. The third-order valence-electron chi connectivity index (χ3n) is 3.67. The summed E-state index contributed by atoms with van der Waals surface area (Å²) < 4.78 is 4.19. The van der Waals surface area contributed by atoms with Gasteiger partial charge in [-0.05, 0) is 12.3 Å². The number of rotatable bonds is 6. The van der Waals surface area contributed by atoms with Crippen LogP contribution in [0.15, 0.2) is 0 Å². The van der Waals surface area contributed by atoms with Crippen LogP contribution in [-0.4, -0.2) is 19.3 Å². The number of aryl methyl sites for hydroxylation is 2. The summed E-state index contributed by atoms with van der Waals surface area (Å²) in [5.74, 6) is 2.03. The number of nitrogens with zero attached hydrogens (tertiary/aromatic N) is 4. The van der Waals surface area contributed by atoms with Crippen LogP contribution in [0.1, 0.15) is 45.1 Å². The Kier molecular flexibility index (Phi) is 4.50. The van der Waals surface area contributed by atoms with E-state index < -0.39 is 0 Å². The van der Waals surface area contributed by atoms with Crippen molar-refractivity contribution in [3.63, 3.8) is 0 Å². The van der Waals surface area contributed by atoms with Crippen molar-refractivity contribution in [2.24, 2.45) is 13.0 Å². The van der Waals surface area contributed by atoms with E-state index in [0.29, 0.717) is 11.8 Å². The number of fused-ring (bicyclic) bond motifs is 1. The van der Waals surface area contributed by atoms with Crippen molar-refractivity contribution in [2.45, 2.75) is 52.5 Å². The minimum absolute atomic E-state index is 0.455. The zero-order valence-electron chi connectivity index (χ0n) is 12.3. The molecular weight excluding hydrogens is 260 g/mol. The quantitative estimate of drug-likeness (QED) is 0.760. The number of alkyl halides is 1. The number of hydrogen-bond acceptors (Lipinski definition) is 2. The molecule has 106 valence electrons. The standard InChI is InChI=1S/C14H23ClN4/c1-5-7-11-13-14(18(4)17-11)19(9-10(3)6-2)12(8-15)16-13/h10H,5-9H2,1-4H3. The predicted molar refractivity (Wildman–Crippen MR) is 79.5 cm³/mol. The van der Waals surface area contributed by atoms with Crippen LogP contribution in [0.25, 0.3) is 11.2 Å². The Bertz CT molecular complexity index is 555. The molecule has 1 unspecified atom stereocenters. The zero-order chi connectivity index (χ0) is 14.0. The number of imidazole rings is 1. The van der Waals surface area contributed by atoms with Gasteiger partial charge in [-0.25, -0.2) is 4.98 Å². The zero-order valence-corrected chi connectivity index (χ0v) is 13.0. The SMILES string of the molecule is CCCc1nn(C)c2c1nc(CCl)n2CC(C)CC. The van der Waals surface area contributed by atoms with Crippen LogP contribution in [0.2, 0.25) is 0 Å². The van der Waals surface area contributed by atoms with Crippen LogP contribution in [0.3, 0.4) is 0 Å². The Hall–Kier alpha value is -1.03. The molecule has 0 bridgehead atoms. The summed E-state index contributed by atoms with van der Waals surface area (Å²) >= 11 is 6.06. The van der Waals surface area contributed by atoms with E-state index >= 15 is 0 Å². The van der Waals surface area contributed by atoms with Crippen LogP contribution in [0, 0.1) is 5.92 Å². The first kappa shape index (κ1) is 14.4. The van der Waals surface area contributed by atoms with Gasteiger partial charge in [0.2, 0.25) is 0 Å². The number of hydrogen-bond donors (Lipinski definition) is 0. The minimum Gasteiger partial charge on any atom is -0.312 e. The van der Waals surface area contributed by atoms with E-state index in [4.69, 9.17) is 16.6 Å². The van der Waals surface area contributed by atoms with Gasteiger partial charge in [0.25, 0.3) is 0 Å². The van der Waals surface area contributed by atoms with Crippen molar-refractivity contribution < 1.29 is 0 Å². The maximum absolute atomic E-state index is 6.06. The summed E-state index contributed by atoms with van der Waals surface area (Å²) in [5, 5.41) is 4.60. The third-order valence-corrected chi connectivity index (χ3v) is 3.91. The molecule has 0 saturated carbocycles. The smallest absolute Gasteiger partial charge is 0.158 e. The lowest BCUT2D eigenvalue weighted by Gasteiger charge is -2.12. The maximum Gasteiger partial charge on any atom is 0.158 e. The maximum atomic E-state index is 6.06. The van der Waals surface area contributed by atoms with E-state index in [1.54, 1.807) is 0 Å². The molecule has 2 aromatic rings. The molecule has 0 saturated heterocycles. The molecule has 0 aromatic carbocycles. The molecule has 4 nitrogen and oxygen atoms in total. The highest BCUT2D eigenvalue weighted by Gasteiger charge is 2.19. The molecule has 19 heavy (non-hydrogen) atoms. The molecule has 0 aliphatic carbocycles. The van der Waals surface area contributed by atoms with E-state index in [-0.39, 0.29) is 0 Å². The van der Waals surface area contributed by atoms with Crippen molar-refractivity contribution in [1.29, 1.82) is 0 Å². The Morgan fingerprint density at radius 1 is 1.32 bits per heavy atom. The molecule has 0 radical (unpaired) electrons. The molecule has 5 heteroatoms. The first-order valence-corrected chi connectivity index (χ1v) is 7.62. The summed E-state index contributed by atoms with van der Waals surface area (Å²) in [6.45, 7) is 7.59. The Morgan fingerprint density at radius 2 is 2.05 bits per heavy atom. The molecule has 2 aromatic heterocycles. The van der Waals surface area contributed by atoms with Crippen LogP contribution < -0.4 is 0 Å². The Labute approximate surface area is 119 Å². The number of aromatic nitrogens is 4. The Balaban J connectivity index is 2.53. The lowest BCUT2D eigenvalue weighted by molar-refractivity contribution is 0.463. The van der Waals surface area contributed by atoms with Gasteiger partial charge in [-0.1, -0.05) is 33.6 Å². The molecule has 0 fully saturated rings. The third kappa shape index (κ3) is 2.64. The summed E-state index contributed by atoms with van der Waals surface area (Å²) in [4.78, 5) is 4.71. The second-order valence-corrected chi connectivity index (χ2v) is 5.55. The molecule has 0 aliphatic rings. The van der Waals surface area contributed by atoms with Crippen molar-refractivity contribution in [3.8, 4) is 0 Å². The molecule has 2 heterocycles. The second-order valence-electron chi connectivity index (χ2n) is 5.28. The summed E-state index contributed by atoms with van der Waals surface area (Å²) in [6.07, 6.45) is 3.21. The fraction of sp³-hybridized carbons (Fsp3) is 0.714. The van der Waals surface area contributed by atoms with E-state index in [2.05, 4.69) is 30.4 Å². The molecule has 1 atom stereocenters. The van der Waals surface area contributed by atoms with E-state index in [9.17, 15) is 0 Å². The van der Waals surface area contributed by atoms with E-state index in [1.807, 2.05) is 11.7 Å². The van der Waals surface area contributed by atoms with Crippen molar-refractivity contribution in [2.75, 3.05) is 0 Å². The average Bonchev–Trinajstić information content (AvgIpc) is 2.89. The van der Waals surface area contributed by atoms with Crippen LogP contribution in [0.4, 0.5) is 0 Å². The van der Waals surface area contributed by atoms with Gasteiger partial charge in [0.15, 0.2) is 5.65 Å². The summed E-state index contributed by atoms with van der Waals surface area (Å²) in [7, 11) is 1.99. The first-order valence-electron chi connectivity index (χ1n) is 7.09. The van der Waals surface area contributed by atoms with Crippen LogP contribution >= 0.6 is 11.6 Å². The minimum atomic E-state index is 0.455. The number of halogens is 1. The summed E-state index contributed by atoms with van der Waals surface area (Å²) in [5.41, 5.74) is 3.23. The molecule has 0 amide bonds. The van der Waals surface area contributed by atoms with Gasteiger partial charge in [0, 0.05) is 13.6 Å². The van der Waals surface area contributed by atoms with E-state index in [0.717, 1.165) is 48.5 Å². The highest BCUT2D eigenvalue weighted by atomic mass is 35.5. The molecule has 2 rings (SSSR count). The van der Waals surface area contributed by atoms with Gasteiger partial charge in [-0.3, -0.25) is 4.68 Å². The van der Waals surface area contributed by atoms with Gasteiger partial charge in [-0.15, -0.1) is 11.6 Å². The largest absolute Gasteiger partial charge is 0.312 e.